The zero-order chi connectivity index (χ0) is 66.5. The molecule has 0 saturated carbocycles. The Hall–Kier alpha value is -10.3. The molecular formula is C76H82N14O7. The number of nitriles is 1. The van der Waals surface area contributed by atoms with Crippen molar-refractivity contribution in [1.82, 2.24) is 43.7 Å². The van der Waals surface area contributed by atoms with E-state index < -0.39 is 11.4 Å². The molecule has 21 heteroatoms. The van der Waals surface area contributed by atoms with Crippen LogP contribution in [0, 0.1) is 17.2 Å². The molecule has 3 aromatic heterocycles. The molecule has 6 atom stereocenters. The van der Waals surface area contributed by atoms with Crippen molar-refractivity contribution >= 4 is 22.7 Å². The van der Waals surface area contributed by atoms with Gasteiger partial charge >= 0.3 is 11.4 Å². The molecular weight excluding hydrogens is 1220 g/mol. The number of hydrogen-bond acceptors (Lipinski definition) is 16. The van der Waals surface area contributed by atoms with Gasteiger partial charge in [-0.05, 0) is 146 Å². The van der Waals surface area contributed by atoms with Crippen molar-refractivity contribution in [2.45, 2.75) is 89.5 Å². The third-order valence-electron chi connectivity index (χ3n) is 19.8. The Balaban J connectivity index is 0.576. The zero-order valence-corrected chi connectivity index (χ0v) is 55.4. The lowest BCUT2D eigenvalue weighted by Gasteiger charge is -2.37. The molecule has 0 amide bonds. The summed E-state index contributed by atoms with van der Waals surface area (Å²) in [6, 6.07) is 60.3. The lowest BCUT2D eigenvalue weighted by Crippen LogP contribution is -2.46. The van der Waals surface area contributed by atoms with Crippen LogP contribution in [0.3, 0.4) is 0 Å². The maximum absolute atomic E-state index is 13.0. The van der Waals surface area contributed by atoms with Crippen molar-refractivity contribution < 1.29 is 23.7 Å². The summed E-state index contributed by atoms with van der Waals surface area (Å²) in [6.07, 6.45) is 9.15. The highest BCUT2D eigenvalue weighted by Gasteiger charge is 2.45. The fraction of sp³-hybridized carbons (Fsp3) is 0.355. The minimum atomic E-state index is -1.02. The molecule has 0 bridgehead atoms. The first-order valence-electron chi connectivity index (χ1n) is 33.9. The number of nitrogens with zero attached hydrogens (tertiary/aromatic N) is 14. The maximum Gasteiger partial charge on any atom is 0.350 e. The fourth-order valence-electron chi connectivity index (χ4n) is 13.8. The first-order valence-corrected chi connectivity index (χ1v) is 33.9. The number of anilines is 4. The van der Waals surface area contributed by atoms with E-state index in [1.807, 2.05) is 93.6 Å². The summed E-state index contributed by atoms with van der Waals surface area (Å²) in [6.45, 7) is 16.7. The molecule has 97 heavy (non-hydrogen) atoms. The van der Waals surface area contributed by atoms with Gasteiger partial charge in [-0.2, -0.15) is 30.5 Å². The van der Waals surface area contributed by atoms with Crippen molar-refractivity contribution in [3.63, 3.8) is 0 Å². The summed E-state index contributed by atoms with van der Waals surface area (Å²) in [4.78, 5) is 37.1. The molecule has 498 valence electrons. The Morgan fingerprint density at radius 2 is 1.04 bits per heavy atom. The number of rotatable bonds is 23. The second kappa shape index (κ2) is 28.2. The number of benzene rings is 7. The van der Waals surface area contributed by atoms with Gasteiger partial charge in [-0.15, -0.1) is 0 Å². The normalized spacial score (nSPS) is 20.2. The summed E-state index contributed by atoms with van der Waals surface area (Å²) < 4.78 is 39.6. The molecule has 0 N–H and O–H groups in total. The van der Waals surface area contributed by atoms with Crippen LogP contribution in [0.25, 0.3) is 22.5 Å². The molecule has 0 spiro atoms. The highest BCUT2D eigenvalue weighted by atomic mass is 16.8. The summed E-state index contributed by atoms with van der Waals surface area (Å²) in [5, 5.41) is 28.1. The molecule has 4 saturated heterocycles. The second-order valence-corrected chi connectivity index (χ2v) is 25.9. The number of hydrogen-bond donors (Lipinski definition) is 0. The van der Waals surface area contributed by atoms with E-state index >= 15 is 0 Å². The van der Waals surface area contributed by atoms with Crippen LogP contribution in [0.2, 0.25) is 0 Å². The summed E-state index contributed by atoms with van der Waals surface area (Å²) in [7, 11) is 0. The van der Waals surface area contributed by atoms with Crippen LogP contribution < -0.4 is 40.5 Å². The van der Waals surface area contributed by atoms with Gasteiger partial charge in [0.15, 0.2) is 5.79 Å². The van der Waals surface area contributed by atoms with Crippen LogP contribution >= 0.6 is 0 Å². The van der Waals surface area contributed by atoms with Crippen LogP contribution in [0.4, 0.5) is 22.7 Å². The minimum Gasteiger partial charge on any atom is -0.493 e. The zero-order valence-electron chi connectivity index (χ0n) is 55.4. The Bertz CT molecular complexity index is 4420. The first kappa shape index (κ1) is 64.1. The van der Waals surface area contributed by atoms with Crippen LogP contribution in [-0.2, 0) is 38.6 Å². The predicted octanol–water partition coefficient (Wildman–Crippen LogP) is 11.0. The standard InChI is InChI=1S/C76H82N14O7/c1-5-55(3)89-73(91)86(53-80-89)67-24-20-64(21-25-67)82-36-38-83(39-37-82)66-28-30-69(31-29-66)94-50-71-51-96-76(97-71,46-57-10-8-7-9-11-57)63-18-14-60(15-19-63)59-12-16-62(17-13-59)75(52-88-78-34-35-79-88)45-58(49-95-75)48-93-70-32-33-72(61(44-70)47-77)85-42-40-84(41-43-85)65-22-26-68(27-23-65)87-54-81-90(74(87)92)56(4)6-2/h7-35,44,53-56,58,71H,5-6,36-43,45-46,48-52H2,1-4H3/t55?,56?,58-,71+,75+,76+/m0/s1. The Morgan fingerprint density at radius 1 is 0.546 bits per heavy atom. The topological polar surface area (TPSA) is 193 Å². The third kappa shape index (κ3) is 13.7. The van der Waals surface area contributed by atoms with Gasteiger partial charge in [-0.3, -0.25) is 0 Å². The van der Waals surface area contributed by atoms with Gasteiger partial charge in [0, 0.05) is 87.3 Å². The van der Waals surface area contributed by atoms with Gasteiger partial charge in [0.1, 0.15) is 48.5 Å². The lowest BCUT2D eigenvalue weighted by molar-refractivity contribution is -0.178. The van der Waals surface area contributed by atoms with E-state index in [0.717, 1.165) is 133 Å². The van der Waals surface area contributed by atoms with Crippen LogP contribution in [0.1, 0.15) is 81.3 Å². The highest BCUT2D eigenvalue weighted by molar-refractivity contribution is 5.65. The molecule has 7 heterocycles. The molecule has 0 aliphatic carbocycles. The number of piperazine rings is 2. The summed E-state index contributed by atoms with van der Waals surface area (Å²) in [5.74, 6) is 0.458. The van der Waals surface area contributed by atoms with Crippen molar-refractivity contribution in [3.05, 3.63) is 238 Å². The third-order valence-corrected chi connectivity index (χ3v) is 19.8. The second-order valence-electron chi connectivity index (χ2n) is 25.9. The summed E-state index contributed by atoms with van der Waals surface area (Å²) >= 11 is 0. The average molecular weight is 1300 g/mol. The van der Waals surface area contributed by atoms with Gasteiger partial charge in [0.2, 0.25) is 0 Å². The average Bonchev–Trinajstić information content (AvgIpc) is 1.73. The van der Waals surface area contributed by atoms with Crippen molar-refractivity contribution in [3.8, 4) is 40.1 Å². The Labute approximate surface area is 564 Å². The fourth-order valence-corrected chi connectivity index (χ4v) is 13.8. The molecule has 21 nitrogen and oxygen atoms in total. The van der Waals surface area contributed by atoms with Gasteiger partial charge in [0.25, 0.3) is 0 Å². The van der Waals surface area contributed by atoms with Gasteiger partial charge in [0.05, 0.1) is 73.5 Å². The van der Waals surface area contributed by atoms with Gasteiger partial charge in [-0.1, -0.05) is 92.7 Å². The largest absolute Gasteiger partial charge is 0.493 e. The molecule has 0 radical (unpaired) electrons. The smallest absolute Gasteiger partial charge is 0.350 e. The monoisotopic (exact) mass is 1300 g/mol. The Morgan fingerprint density at radius 3 is 1.58 bits per heavy atom. The molecule has 4 aliphatic rings. The van der Waals surface area contributed by atoms with Crippen molar-refractivity contribution in [2.24, 2.45) is 5.92 Å². The minimum absolute atomic E-state index is 0.0314. The van der Waals surface area contributed by atoms with Crippen molar-refractivity contribution in [2.75, 3.05) is 98.4 Å². The molecule has 4 aliphatic heterocycles. The first-order chi connectivity index (χ1) is 47.4. The van der Waals surface area contributed by atoms with E-state index in [4.69, 9.17) is 23.7 Å². The number of aromatic nitrogens is 9. The van der Waals surface area contributed by atoms with E-state index in [-0.39, 0.29) is 35.5 Å². The molecule has 10 aromatic rings. The highest BCUT2D eigenvalue weighted by Crippen LogP contribution is 2.43. The van der Waals surface area contributed by atoms with E-state index in [1.165, 1.54) is 4.68 Å². The number of ether oxygens (including phenoxy) is 5. The van der Waals surface area contributed by atoms with Crippen molar-refractivity contribution in [1.29, 1.82) is 5.26 Å². The van der Waals surface area contributed by atoms with Crippen LogP contribution in [-0.4, -0.2) is 129 Å². The molecule has 14 rings (SSSR count). The van der Waals surface area contributed by atoms with E-state index in [0.29, 0.717) is 57.1 Å². The lowest BCUT2D eigenvalue weighted by atomic mass is 9.86. The van der Waals surface area contributed by atoms with E-state index in [2.05, 4.69) is 150 Å². The van der Waals surface area contributed by atoms with Crippen LogP contribution in [0.15, 0.2) is 204 Å². The van der Waals surface area contributed by atoms with Crippen LogP contribution in [0.5, 0.6) is 11.5 Å². The van der Waals surface area contributed by atoms with Gasteiger partial charge < -0.3 is 43.3 Å². The quantitative estimate of drug-likeness (QED) is 0.0586. The van der Waals surface area contributed by atoms with E-state index in [1.54, 1.807) is 43.7 Å². The maximum atomic E-state index is 13.0. The van der Waals surface area contributed by atoms with Gasteiger partial charge in [-0.25, -0.2) is 28.1 Å². The molecule has 2 unspecified atom stereocenters. The Kier molecular flexibility index (Phi) is 18.6. The molecule has 7 aromatic carbocycles. The predicted molar refractivity (Wildman–Crippen MR) is 373 cm³/mol. The molecule has 4 fully saturated rings. The summed E-state index contributed by atoms with van der Waals surface area (Å²) in [5.41, 5.74) is 10.6. The van der Waals surface area contributed by atoms with E-state index in [9.17, 15) is 14.9 Å². The SMILES string of the molecule is CCC(C)n1ncn(-c2ccc(N3CCN(c4ccc(OC[C@@H]5CO[C@@](Cc6ccccc6)(c6ccc(-c7ccc([C@]8(Cn9nccn9)C[C@@H](COc9ccc(N%10CCN(c%11ccc(-n%12cnn(C(C)CC)c%12=O)cc%11)CC%10)c(C#N)c9)CO8)cc7)cc6)O5)cc4)CC3)cc2)c1=O.